The number of carbonyl (C=O) groups excluding carboxylic acids is 1. The van der Waals surface area contributed by atoms with E-state index in [9.17, 15) is 4.79 Å². The van der Waals surface area contributed by atoms with E-state index in [1.165, 1.54) is 4.88 Å². The lowest BCUT2D eigenvalue weighted by Crippen LogP contribution is -2.29. The van der Waals surface area contributed by atoms with Crippen molar-refractivity contribution in [3.63, 3.8) is 0 Å². The third kappa shape index (κ3) is 4.01. The first kappa shape index (κ1) is 14.0. The molecule has 0 radical (unpaired) electrons. The Morgan fingerprint density at radius 1 is 1.21 bits per heavy atom. The number of hydrogen-bond acceptors (Lipinski definition) is 3. The maximum absolute atomic E-state index is 12.1. The molecule has 100 valence electrons. The largest absolute Gasteiger partial charge is 0.298 e. The maximum atomic E-state index is 12.1. The van der Waals surface area contributed by atoms with Crippen LogP contribution in [0, 0.1) is 0 Å². The van der Waals surface area contributed by atoms with Crippen LogP contribution >= 0.6 is 11.3 Å². The predicted octanol–water partition coefficient (Wildman–Crippen LogP) is 3.55. The number of benzene rings is 1. The summed E-state index contributed by atoms with van der Waals surface area (Å²) in [5.74, 6) is 0.261. The van der Waals surface area contributed by atoms with E-state index >= 15 is 0 Å². The molecule has 1 aromatic carbocycles. The van der Waals surface area contributed by atoms with E-state index in [0.29, 0.717) is 19.0 Å². The molecule has 0 aliphatic heterocycles. The van der Waals surface area contributed by atoms with Gasteiger partial charge in [-0.15, -0.1) is 11.3 Å². The topological polar surface area (TPSA) is 20.3 Å². The molecule has 0 fully saturated rings. The van der Waals surface area contributed by atoms with Crippen LogP contribution in [0.5, 0.6) is 0 Å². The van der Waals surface area contributed by atoms with E-state index in [2.05, 4.69) is 29.3 Å². The van der Waals surface area contributed by atoms with Gasteiger partial charge in [0.2, 0.25) is 0 Å². The van der Waals surface area contributed by atoms with Crippen LogP contribution in [0.25, 0.3) is 0 Å². The van der Waals surface area contributed by atoms with Crippen molar-refractivity contribution in [2.75, 3.05) is 13.6 Å². The number of nitrogens with zero attached hydrogens (tertiary/aromatic N) is 1. The van der Waals surface area contributed by atoms with Gasteiger partial charge < -0.3 is 0 Å². The van der Waals surface area contributed by atoms with Gasteiger partial charge in [0, 0.05) is 17.3 Å². The number of rotatable bonds is 6. The fourth-order valence-electron chi connectivity index (χ4n) is 2.04. The van der Waals surface area contributed by atoms with Crippen molar-refractivity contribution in [1.82, 2.24) is 4.90 Å². The zero-order valence-electron chi connectivity index (χ0n) is 11.4. The number of Topliss-reactive ketones (excluding diaryl/α,β-unsaturated/α-hetero) is 1. The third-order valence-electron chi connectivity index (χ3n) is 3.29. The van der Waals surface area contributed by atoms with Gasteiger partial charge in [-0.3, -0.25) is 9.69 Å². The van der Waals surface area contributed by atoms with Crippen molar-refractivity contribution in [2.45, 2.75) is 19.4 Å². The summed E-state index contributed by atoms with van der Waals surface area (Å²) in [6, 6.07) is 14.4. The van der Waals surface area contributed by atoms with E-state index in [-0.39, 0.29) is 5.78 Å². The first-order valence-corrected chi connectivity index (χ1v) is 7.34. The van der Waals surface area contributed by atoms with Crippen molar-refractivity contribution in [1.29, 1.82) is 0 Å². The van der Waals surface area contributed by atoms with Gasteiger partial charge in [0.25, 0.3) is 0 Å². The van der Waals surface area contributed by atoms with Gasteiger partial charge in [0.15, 0.2) is 5.78 Å². The van der Waals surface area contributed by atoms with E-state index in [1.807, 2.05) is 37.4 Å². The molecule has 0 N–H and O–H groups in total. The van der Waals surface area contributed by atoms with E-state index in [0.717, 1.165) is 5.56 Å². The quantitative estimate of drug-likeness (QED) is 0.802. The molecule has 1 atom stereocenters. The summed E-state index contributed by atoms with van der Waals surface area (Å²) in [5.41, 5.74) is 1.09. The zero-order chi connectivity index (χ0) is 13.7. The first-order chi connectivity index (χ1) is 9.16. The summed E-state index contributed by atoms with van der Waals surface area (Å²) >= 11 is 1.74. The van der Waals surface area contributed by atoms with Crippen LogP contribution in [0.1, 0.15) is 23.4 Å². The average Bonchev–Trinajstić information content (AvgIpc) is 2.92. The van der Waals surface area contributed by atoms with Crippen molar-refractivity contribution in [2.24, 2.45) is 0 Å². The number of ketones is 1. The number of thiophene rings is 1. The Kier molecular flexibility index (Phi) is 4.88. The number of carbonyl (C=O) groups is 1. The lowest BCUT2D eigenvalue weighted by Gasteiger charge is -2.22. The molecule has 0 aliphatic rings. The molecule has 19 heavy (non-hydrogen) atoms. The van der Waals surface area contributed by atoms with Gasteiger partial charge in [0.1, 0.15) is 0 Å². The monoisotopic (exact) mass is 273 g/mol. The van der Waals surface area contributed by atoms with Gasteiger partial charge in [-0.25, -0.2) is 0 Å². The third-order valence-corrected chi connectivity index (χ3v) is 4.33. The summed E-state index contributed by atoms with van der Waals surface area (Å²) in [6.07, 6.45) is 0.516. The molecule has 1 unspecified atom stereocenters. The Hall–Kier alpha value is -1.45. The minimum atomic E-state index is 0.261. The molecule has 3 heteroatoms. The Bertz CT molecular complexity index is 507. The van der Waals surface area contributed by atoms with E-state index in [4.69, 9.17) is 0 Å². The van der Waals surface area contributed by atoms with Crippen molar-refractivity contribution < 1.29 is 4.79 Å². The second-order valence-electron chi connectivity index (χ2n) is 4.81. The number of likely N-dealkylation sites (N-methyl/N-ethyl adjacent to an activating group) is 1. The summed E-state index contributed by atoms with van der Waals surface area (Å²) in [7, 11) is 2.01. The molecule has 2 aromatic rings. The molecule has 1 heterocycles. The number of hydrogen-bond donors (Lipinski definition) is 0. The second-order valence-corrected chi connectivity index (χ2v) is 5.79. The highest BCUT2D eigenvalue weighted by Crippen LogP contribution is 2.23. The molecular formula is C16H19NOS. The van der Waals surface area contributed by atoms with E-state index < -0.39 is 0 Å². The lowest BCUT2D eigenvalue weighted by molar-refractivity contribution is -0.119. The molecule has 0 amide bonds. The van der Waals surface area contributed by atoms with Crippen molar-refractivity contribution >= 4 is 17.1 Å². The van der Waals surface area contributed by atoms with Crippen molar-refractivity contribution in [3.05, 3.63) is 58.3 Å². The Morgan fingerprint density at radius 2 is 1.95 bits per heavy atom. The maximum Gasteiger partial charge on any atom is 0.151 e. The SMILES string of the molecule is CC(c1cccs1)N(C)CC(=O)Cc1ccccc1. The Morgan fingerprint density at radius 3 is 2.58 bits per heavy atom. The fourth-order valence-corrected chi connectivity index (χ4v) is 2.89. The molecular weight excluding hydrogens is 254 g/mol. The van der Waals surface area contributed by atoms with E-state index in [1.54, 1.807) is 11.3 Å². The first-order valence-electron chi connectivity index (χ1n) is 6.46. The van der Waals surface area contributed by atoms with Crippen LogP contribution in [0.2, 0.25) is 0 Å². The highest BCUT2D eigenvalue weighted by molar-refractivity contribution is 7.10. The van der Waals surface area contributed by atoms with Gasteiger partial charge in [0.05, 0.1) is 6.54 Å². The standard InChI is InChI=1S/C16H19NOS/c1-13(16-9-6-10-19-16)17(2)12-15(18)11-14-7-4-3-5-8-14/h3-10,13H,11-12H2,1-2H3. The van der Waals surface area contributed by atoms with Gasteiger partial charge >= 0.3 is 0 Å². The second kappa shape index (κ2) is 6.64. The summed E-state index contributed by atoms with van der Waals surface area (Å²) in [6.45, 7) is 2.63. The molecule has 0 saturated heterocycles. The fraction of sp³-hybridized carbons (Fsp3) is 0.312. The molecule has 0 saturated carbocycles. The van der Waals surface area contributed by atoms with Crippen LogP contribution in [-0.2, 0) is 11.2 Å². The molecule has 0 aliphatic carbocycles. The van der Waals surface area contributed by atoms with Gasteiger partial charge in [-0.1, -0.05) is 36.4 Å². The molecule has 2 rings (SSSR count). The highest BCUT2D eigenvalue weighted by atomic mass is 32.1. The Labute approximate surface area is 118 Å². The summed E-state index contributed by atoms with van der Waals surface area (Å²) < 4.78 is 0. The zero-order valence-corrected chi connectivity index (χ0v) is 12.2. The summed E-state index contributed by atoms with van der Waals surface area (Å²) in [5, 5.41) is 2.07. The minimum Gasteiger partial charge on any atom is -0.298 e. The van der Waals surface area contributed by atoms with Crippen LogP contribution < -0.4 is 0 Å². The van der Waals surface area contributed by atoms with Crippen molar-refractivity contribution in [3.8, 4) is 0 Å². The summed E-state index contributed by atoms with van der Waals surface area (Å²) in [4.78, 5) is 15.5. The molecule has 0 bridgehead atoms. The molecule has 2 nitrogen and oxygen atoms in total. The van der Waals surface area contributed by atoms with Gasteiger partial charge in [-0.2, -0.15) is 0 Å². The van der Waals surface area contributed by atoms with Crippen LogP contribution in [0.4, 0.5) is 0 Å². The Balaban J connectivity index is 1.88. The minimum absolute atomic E-state index is 0.261. The van der Waals surface area contributed by atoms with Gasteiger partial charge in [-0.05, 0) is 31.0 Å². The predicted molar refractivity (Wildman–Crippen MR) is 80.5 cm³/mol. The van der Waals surface area contributed by atoms with Crippen LogP contribution in [0.15, 0.2) is 47.8 Å². The molecule has 0 spiro atoms. The highest BCUT2D eigenvalue weighted by Gasteiger charge is 2.15. The van der Waals surface area contributed by atoms with Crippen LogP contribution in [-0.4, -0.2) is 24.3 Å². The normalized spacial score (nSPS) is 12.6. The molecule has 1 aromatic heterocycles. The lowest BCUT2D eigenvalue weighted by atomic mass is 10.1. The smallest absolute Gasteiger partial charge is 0.151 e. The van der Waals surface area contributed by atoms with Crippen LogP contribution in [0.3, 0.4) is 0 Å². The average molecular weight is 273 g/mol.